The van der Waals surface area contributed by atoms with Crippen molar-refractivity contribution >= 4 is 5.69 Å². The van der Waals surface area contributed by atoms with E-state index in [1.807, 2.05) is 19.1 Å². The summed E-state index contributed by atoms with van der Waals surface area (Å²) in [6.45, 7) is 6.49. The van der Waals surface area contributed by atoms with E-state index in [-0.39, 0.29) is 0 Å². The molecule has 1 aliphatic rings. The van der Waals surface area contributed by atoms with Gasteiger partial charge in [0.15, 0.2) is 0 Å². The first-order valence-electron chi connectivity index (χ1n) is 7.06. The van der Waals surface area contributed by atoms with Crippen molar-refractivity contribution in [2.45, 2.75) is 19.4 Å². The van der Waals surface area contributed by atoms with E-state index in [0.29, 0.717) is 12.7 Å². The van der Waals surface area contributed by atoms with Gasteiger partial charge in [-0.15, -0.1) is 0 Å². The molecule has 1 unspecified atom stereocenters. The number of anilines is 1. The Kier molecular flexibility index (Phi) is 5.48. The Hall–Kier alpha value is -1.26. The molecule has 0 aromatic heterocycles. The number of ether oxygens (including phenoxy) is 2. The van der Waals surface area contributed by atoms with Crippen LogP contribution >= 0.6 is 0 Å². The summed E-state index contributed by atoms with van der Waals surface area (Å²) in [5.74, 6) is 0.930. The summed E-state index contributed by atoms with van der Waals surface area (Å²) in [5.41, 5.74) is 1.22. The number of hydrogen-bond acceptors (Lipinski definition) is 4. The number of nitrogens with zero attached hydrogens (tertiary/aromatic N) is 1. The van der Waals surface area contributed by atoms with Crippen molar-refractivity contribution in [1.29, 1.82) is 0 Å². The summed E-state index contributed by atoms with van der Waals surface area (Å²) in [6, 6.07) is 8.25. The Labute approximate surface area is 115 Å². The summed E-state index contributed by atoms with van der Waals surface area (Å²) in [7, 11) is 2.12. The Balaban J connectivity index is 1.79. The number of hydrogen-bond donors (Lipinski definition) is 1. The van der Waals surface area contributed by atoms with Gasteiger partial charge < -0.3 is 19.7 Å². The minimum Gasteiger partial charge on any atom is -0.494 e. The zero-order chi connectivity index (χ0) is 13.5. The van der Waals surface area contributed by atoms with Crippen LogP contribution in [0.15, 0.2) is 24.3 Å². The predicted molar refractivity (Wildman–Crippen MR) is 78.1 cm³/mol. The Morgan fingerprint density at radius 2 is 2.16 bits per heavy atom. The third-order valence-electron chi connectivity index (χ3n) is 3.38. The minimum atomic E-state index is 0.346. The van der Waals surface area contributed by atoms with E-state index in [9.17, 15) is 0 Å². The molecular formula is C15H24N2O2. The summed E-state index contributed by atoms with van der Waals surface area (Å²) < 4.78 is 11.2. The SMILES string of the molecule is CCOc1ccc(N(C)CCC2CNCCO2)cc1. The van der Waals surface area contributed by atoms with Gasteiger partial charge in [0.05, 0.1) is 19.3 Å². The first-order chi connectivity index (χ1) is 9.29. The van der Waals surface area contributed by atoms with E-state index >= 15 is 0 Å². The maximum Gasteiger partial charge on any atom is 0.119 e. The second-order valence-corrected chi connectivity index (χ2v) is 4.83. The predicted octanol–water partition coefficient (Wildman–Crippen LogP) is 1.90. The van der Waals surface area contributed by atoms with Crippen molar-refractivity contribution in [2.24, 2.45) is 0 Å². The highest BCUT2D eigenvalue weighted by molar-refractivity contribution is 5.48. The topological polar surface area (TPSA) is 33.7 Å². The van der Waals surface area contributed by atoms with Crippen LogP contribution in [0.1, 0.15) is 13.3 Å². The van der Waals surface area contributed by atoms with Gasteiger partial charge in [0.25, 0.3) is 0 Å². The van der Waals surface area contributed by atoms with Crippen molar-refractivity contribution in [1.82, 2.24) is 5.32 Å². The van der Waals surface area contributed by atoms with Gasteiger partial charge in [-0.25, -0.2) is 0 Å². The molecule has 1 heterocycles. The van der Waals surface area contributed by atoms with Crippen LogP contribution in [0.25, 0.3) is 0 Å². The highest BCUT2D eigenvalue weighted by atomic mass is 16.5. The molecule has 4 heteroatoms. The standard InChI is InChI=1S/C15H24N2O2/c1-3-18-14-6-4-13(5-7-14)17(2)10-8-15-12-16-9-11-19-15/h4-7,15-16H,3,8-12H2,1-2H3. The van der Waals surface area contributed by atoms with Crippen molar-refractivity contribution in [3.63, 3.8) is 0 Å². The van der Waals surface area contributed by atoms with Gasteiger partial charge in [-0.1, -0.05) is 0 Å². The molecule has 1 atom stereocenters. The van der Waals surface area contributed by atoms with Crippen LogP contribution in [0.2, 0.25) is 0 Å². The molecule has 2 rings (SSSR count). The van der Waals surface area contributed by atoms with Gasteiger partial charge >= 0.3 is 0 Å². The summed E-state index contributed by atoms with van der Waals surface area (Å²) in [6.07, 6.45) is 1.40. The van der Waals surface area contributed by atoms with Gasteiger partial charge in [-0.2, -0.15) is 0 Å². The average molecular weight is 264 g/mol. The molecule has 0 radical (unpaired) electrons. The minimum absolute atomic E-state index is 0.346. The maximum absolute atomic E-state index is 5.71. The van der Waals surface area contributed by atoms with Crippen molar-refractivity contribution in [3.05, 3.63) is 24.3 Å². The van der Waals surface area contributed by atoms with Crippen molar-refractivity contribution in [3.8, 4) is 5.75 Å². The highest BCUT2D eigenvalue weighted by Crippen LogP contribution is 2.19. The van der Waals surface area contributed by atoms with Crippen LogP contribution < -0.4 is 15.0 Å². The molecule has 0 aliphatic carbocycles. The molecule has 19 heavy (non-hydrogen) atoms. The molecule has 4 nitrogen and oxygen atoms in total. The third kappa shape index (κ3) is 4.40. The van der Waals surface area contributed by atoms with Gasteiger partial charge in [0, 0.05) is 32.4 Å². The molecule has 1 aromatic carbocycles. The van der Waals surface area contributed by atoms with E-state index < -0.39 is 0 Å². The first kappa shape index (κ1) is 14.2. The van der Waals surface area contributed by atoms with Crippen LogP contribution in [0.3, 0.4) is 0 Å². The smallest absolute Gasteiger partial charge is 0.119 e. The molecule has 1 N–H and O–H groups in total. The van der Waals surface area contributed by atoms with Crippen LogP contribution in [-0.2, 0) is 4.74 Å². The number of nitrogens with one attached hydrogen (secondary N) is 1. The Morgan fingerprint density at radius 3 is 2.79 bits per heavy atom. The number of rotatable bonds is 6. The van der Waals surface area contributed by atoms with Crippen LogP contribution in [-0.4, -0.2) is 46.0 Å². The number of morpholine rings is 1. The fraction of sp³-hybridized carbons (Fsp3) is 0.600. The van der Waals surface area contributed by atoms with Crippen LogP contribution in [0, 0.1) is 0 Å². The monoisotopic (exact) mass is 264 g/mol. The fourth-order valence-electron chi connectivity index (χ4n) is 2.24. The number of benzene rings is 1. The van der Waals surface area contributed by atoms with Crippen LogP contribution in [0.4, 0.5) is 5.69 Å². The molecular weight excluding hydrogens is 240 g/mol. The lowest BCUT2D eigenvalue weighted by molar-refractivity contribution is 0.0250. The van der Waals surface area contributed by atoms with Gasteiger partial charge in [-0.3, -0.25) is 0 Å². The van der Waals surface area contributed by atoms with Gasteiger partial charge in [-0.05, 0) is 37.6 Å². The summed E-state index contributed by atoms with van der Waals surface area (Å²) >= 11 is 0. The average Bonchev–Trinajstić information content (AvgIpc) is 2.47. The van der Waals surface area contributed by atoms with E-state index in [0.717, 1.165) is 38.4 Å². The highest BCUT2D eigenvalue weighted by Gasteiger charge is 2.13. The first-order valence-corrected chi connectivity index (χ1v) is 7.06. The molecule has 0 bridgehead atoms. The molecule has 1 saturated heterocycles. The Morgan fingerprint density at radius 1 is 1.37 bits per heavy atom. The van der Waals surface area contributed by atoms with E-state index in [1.54, 1.807) is 0 Å². The quantitative estimate of drug-likeness (QED) is 0.851. The second kappa shape index (κ2) is 7.36. The molecule has 0 amide bonds. The Bertz CT molecular complexity index is 361. The van der Waals surface area contributed by atoms with E-state index in [2.05, 4.69) is 29.4 Å². The van der Waals surface area contributed by atoms with Gasteiger partial charge in [0.2, 0.25) is 0 Å². The van der Waals surface area contributed by atoms with Crippen LogP contribution in [0.5, 0.6) is 5.75 Å². The normalized spacial score (nSPS) is 19.2. The molecule has 0 saturated carbocycles. The fourth-order valence-corrected chi connectivity index (χ4v) is 2.24. The maximum atomic E-state index is 5.71. The van der Waals surface area contributed by atoms with E-state index in [1.165, 1.54) is 5.69 Å². The lowest BCUT2D eigenvalue weighted by Crippen LogP contribution is -2.40. The van der Waals surface area contributed by atoms with Crippen molar-refractivity contribution in [2.75, 3.05) is 44.8 Å². The lowest BCUT2D eigenvalue weighted by Gasteiger charge is -2.26. The zero-order valence-corrected chi connectivity index (χ0v) is 11.9. The van der Waals surface area contributed by atoms with Crippen molar-refractivity contribution < 1.29 is 9.47 Å². The second-order valence-electron chi connectivity index (χ2n) is 4.83. The lowest BCUT2D eigenvalue weighted by atomic mass is 10.2. The summed E-state index contributed by atoms with van der Waals surface area (Å²) in [4.78, 5) is 2.26. The molecule has 1 fully saturated rings. The molecule has 0 spiro atoms. The van der Waals surface area contributed by atoms with E-state index in [4.69, 9.17) is 9.47 Å². The molecule has 1 aliphatic heterocycles. The van der Waals surface area contributed by atoms with Gasteiger partial charge in [0.1, 0.15) is 5.75 Å². The molecule has 106 valence electrons. The summed E-state index contributed by atoms with van der Waals surface area (Å²) in [5, 5.41) is 3.36. The zero-order valence-electron chi connectivity index (χ0n) is 11.9. The third-order valence-corrected chi connectivity index (χ3v) is 3.38. The molecule has 1 aromatic rings. The largest absolute Gasteiger partial charge is 0.494 e.